The largest absolute Gasteiger partial charge is 0.259 e. The molecular formula is C14H22OS. The van der Waals surface area contributed by atoms with Gasteiger partial charge >= 0.3 is 0 Å². The molecule has 16 heavy (non-hydrogen) atoms. The predicted molar refractivity (Wildman–Crippen MR) is 72.4 cm³/mol. The number of aryl methyl sites for hydroxylation is 1. The van der Waals surface area contributed by atoms with Crippen LogP contribution in [-0.4, -0.2) is 14.7 Å². The van der Waals surface area contributed by atoms with Gasteiger partial charge < -0.3 is 0 Å². The highest BCUT2D eigenvalue weighted by Gasteiger charge is 2.21. The fraction of sp³-hybridized carbons (Fsp3) is 0.571. The van der Waals surface area contributed by atoms with E-state index in [4.69, 9.17) is 0 Å². The van der Waals surface area contributed by atoms with Gasteiger partial charge in [0.05, 0.1) is 0 Å². The summed E-state index contributed by atoms with van der Waals surface area (Å²) >= 11 is 0. The molecule has 0 heterocycles. The first-order valence-corrected chi connectivity index (χ1v) is 7.07. The molecular weight excluding hydrogens is 216 g/mol. The van der Waals surface area contributed by atoms with Crippen molar-refractivity contribution >= 4 is 10.8 Å². The molecule has 90 valence electrons. The summed E-state index contributed by atoms with van der Waals surface area (Å²) in [7, 11) is -0.773. The van der Waals surface area contributed by atoms with Crippen LogP contribution in [0.3, 0.4) is 0 Å². The van der Waals surface area contributed by atoms with Crippen LogP contribution < -0.4 is 0 Å². The van der Waals surface area contributed by atoms with Crippen LogP contribution in [0.25, 0.3) is 0 Å². The Morgan fingerprint density at radius 1 is 1.19 bits per heavy atom. The molecule has 0 saturated heterocycles. The number of hydrogen-bond donors (Lipinski definition) is 0. The molecule has 0 N–H and O–H groups in total. The molecule has 1 aromatic rings. The predicted octanol–water partition coefficient (Wildman–Crippen LogP) is 3.65. The van der Waals surface area contributed by atoms with Gasteiger partial charge in [0, 0.05) is 21.3 Å². The van der Waals surface area contributed by atoms with Crippen LogP contribution in [0.15, 0.2) is 24.3 Å². The fourth-order valence-electron chi connectivity index (χ4n) is 1.47. The Bertz CT molecular complexity index is 359. The van der Waals surface area contributed by atoms with E-state index in [1.54, 1.807) is 0 Å². The zero-order valence-corrected chi connectivity index (χ0v) is 11.7. The minimum absolute atomic E-state index is 0.112. The third-order valence-electron chi connectivity index (χ3n) is 2.73. The Hall–Kier alpha value is -0.630. The van der Waals surface area contributed by atoms with E-state index in [9.17, 15) is 4.21 Å². The fourth-order valence-corrected chi connectivity index (χ4v) is 2.61. The van der Waals surface area contributed by atoms with Gasteiger partial charge in [0.25, 0.3) is 0 Å². The van der Waals surface area contributed by atoms with Crippen molar-refractivity contribution in [2.75, 3.05) is 5.75 Å². The summed E-state index contributed by atoms with van der Waals surface area (Å²) in [6.45, 7) is 10.3. The Morgan fingerprint density at radius 3 is 2.12 bits per heavy atom. The normalized spacial score (nSPS) is 15.8. The summed E-state index contributed by atoms with van der Waals surface area (Å²) in [6.07, 6.45) is 0. The molecule has 0 aliphatic heterocycles. The smallest absolute Gasteiger partial charge is 0.0375 e. The standard InChI is InChI=1S/C14H22OS/c1-11-6-8-13(9-7-11)12(2)10-16(15)14(3,4)5/h6-9,12H,10H2,1-5H3/t12-,16-/m1/s1. The van der Waals surface area contributed by atoms with Crippen LogP contribution in [0.4, 0.5) is 0 Å². The minimum Gasteiger partial charge on any atom is -0.259 e. The van der Waals surface area contributed by atoms with Crippen molar-refractivity contribution in [3.63, 3.8) is 0 Å². The SMILES string of the molecule is Cc1ccc([C@H](C)C[S@@](=O)C(C)(C)C)cc1. The molecule has 2 atom stereocenters. The Kier molecular flexibility index (Phi) is 4.31. The summed E-state index contributed by atoms with van der Waals surface area (Å²) in [5.74, 6) is 1.10. The van der Waals surface area contributed by atoms with Crippen molar-refractivity contribution in [2.45, 2.75) is 45.3 Å². The first-order valence-electron chi connectivity index (χ1n) is 5.76. The molecule has 1 rings (SSSR count). The number of hydrogen-bond acceptors (Lipinski definition) is 1. The van der Waals surface area contributed by atoms with Crippen molar-refractivity contribution in [1.82, 2.24) is 0 Å². The molecule has 0 aromatic heterocycles. The van der Waals surface area contributed by atoms with Gasteiger partial charge in [-0.2, -0.15) is 0 Å². The molecule has 0 amide bonds. The zero-order valence-electron chi connectivity index (χ0n) is 10.9. The average molecular weight is 238 g/mol. The van der Waals surface area contributed by atoms with E-state index < -0.39 is 10.8 Å². The van der Waals surface area contributed by atoms with Crippen LogP contribution in [0.5, 0.6) is 0 Å². The molecule has 0 radical (unpaired) electrons. The number of rotatable bonds is 3. The van der Waals surface area contributed by atoms with Gasteiger partial charge in [0.15, 0.2) is 0 Å². The maximum absolute atomic E-state index is 12.0. The molecule has 2 heteroatoms. The molecule has 1 aromatic carbocycles. The quantitative estimate of drug-likeness (QED) is 0.785. The summed E-state index contributed by atoms with van der Waals surface area (Å²) in [4.78, 5) is 0. The third kappa shape index (κ3) is 3.75. The van der Waals surface area contributed by atoms with Crippen LogP contribution in [0.2, 0.25) is 0 Å². The lowest BCUT2D eigenvalue weighted by Crippen LogP contribution is -2.26. The molecule has 0 aliphatic carbocycles. The van der Waals surface area contributed by atoms with E-state index in [0.29, 0.717) is 5.92 Å². The minimum atomic E-state index is -0.773. The van der Waals surface area contributed by atoms with Crippen molar-refractivity contribution in [3.8, 4) is 0 Å². The summed E-state index contributed by atoms with van der Waals surface area (Å²) < 4.78 is 11.9. The second-order valence-electron chi connectivity index (χ2n) is 5.44. The maximum atomic E-state index is 12.0. The lowest BCUT2D eigenvalue weighted by Gasteiger charge is -2.21. The van der Waals surface area contributed by atoms with Crippen molar-refractivity contribution in [3.05, 3.63) is 35.4 Å². The van der Waals surface area contributed by atoms with E-state index in [1.807, 2.05) is 20.8 Å². The first kappa shape index (κ1) is 13.4. The van der Waals surface area contributed by atoms with Crippen LogP contribution >= 0.6 is 0 Å². The third-order valence-corrected chi connectivity index (χ3v) is 4.90. The van der Waals surface area contributed by atoms with Crippen LogP contribution in [0, 0.1) is 6.92 Å². The van der Waals surface area contributed by atoms with Crippen LogP contribution in [-0.2, 0) is 10.8 Å². The maximum Gasteiger partial charge on any atom is 0.0375 e. The highest BCUT2D eigenvalue weighted by Crippen LogP contribution is 2.21. The van der Waals surface area contributed by atoms with Gasteiger partial charge in [0.2, 0.25) is 0 Å². The lowest BCUT2D eigenvalue weighted by atomic mass is 10.0. The van der Waals surface area contributed by atoms with Gasteiger partial charge in [-0.3, -0.25) is 4.21 Å². The van der Waals surface area contributed by atoms with Gasteiger partial charge in [-0.1, -0.05) is 36.8 Å². The van der Waals surface area contributed by atoms with Gasteiger partial charge in [0.1, 0.15) is 0 Å². The summed E-state index contributed by atoms with van der Waals surface area (Å²) in [6, 6.07) is 8.51. The Labute approximate surface area is 102 Å². The highest BCUT2D eigenvalue weighted by molar-refractivity contribution is 7.86. The van der Waals surface area contributed by atoms with E-state index in [2.05, 4.69) is 38.1 Å². The summed E-state index contributed by atoms with van der Waals surface area (Å²) in [5, 5.41) is 0. The second kappa shape index (κ2) is 5.13. The molecule has 0 saturated carbocycles. The van der Waals surface area contributed by atoms with Gasteiger partial charge in [-0.05, 0) is 39.2 Å². The Morgan fingerprint density at radius 2 is 1.69 bits per heavy atom. The van der Waals surface area contributed by atoms with Crippen LogP contribution in [0.1, 0.15) is 44.7 Å². The molecule has 0 fully saturated rings. The number of benzene rings is 1. The zero-order chi connectivity index (χ0) is 12.3. The molecule has 0 spiro atoms. The average Bonchev–Trinajstić information content (AvgIpc) is 2.17. The molecule has 0 aliphatic rings. The molecule has 1 nitrogen and oxygen atoms in total. The van der Waals surface area contributed by atoms with E-state index in [0.717, 1.165) is 5.75 Å². The van der Waals surface area contributed by atoms with Gasteiger partial charge in [-0.25, -0.2) is 0 Å². The monoisotopic (exact) mass is 238 g/mol. The first-order chi connectivity index (χ1) is 7.30. The van der Waals surface area contributed by atoms with E-state index in [1.165, 1.54) is 11.1 Å². The van der Waals surface area contributed by atoms with Crippen molar-refractivity contribution in [1.29, 1.82) is 0 Å². The van der Waals surface area contributed by atoms with Crippen molar-refractivity contribution in [2.24, 2.45) is 0 Å². The van der Waals surface area contributed by atoms with E-state index >= 15 is 0 Å². The molecule has 0 unspecified atom stereocenters. The lowest BCUT2D eigenvalue weighted by molar-refractivity contribution is 0.642. The van der Waals surface area contributed by atoms with E-state index in [-0.39, 0.29) is 4.75 Å². The van der Waals surface area contributed by atoms with Crippen molar-refractivity contribution < 1.29 is 4.21 Å². The topological polar surface area (TPSA) is 17.1 Å². The Balaban J connectivity index is 2.69. The molecule has 0 bridgehead atoms. The van der Waals surface area contributed by atoms with Gasteiger partial charge in [-0.15, -0.1) is 0 Å². The highest BCUT2D eigenvalue weighted by atomic mass is 32.2. The second-order valence-corrected chi connectivity index (χ2v) is 7.69. The summed E-state index contributed by atoms with van der Waals surface area (Å²) in [5.41, 5.74) is 2.55.